The van der Waals surface area contributed by atoms with Crippen LogP contribution in [0.3, 0.4) is 0 Å². The summed E-state index contributed by atoms with van der Waals surface area (Å²) in [6, 6.07) is 11.5. The van der Waals surface area contributed by atoms with E-state index < -0.39 is 0 Å². The van der Waals surface area contributed by atoms with Gasteiger partial charge in [-0.2, -0.15) is 0 Å². The van der Waals surface area contributed by atoms with Crippen LogP contribution >= 0.6 is 11.6 Å². The number of ether oxygens (including phenoxy) is 1. The average Bonchev–Trinajstić information content (AvgIpc) is 2.38. The number of hydrogen-bond donors (Lipinski definition) is 0. The monoisotopic (exact) mass is 248 g/mol. The fraction of sp³-hybridized carbons (Fsp3) is 0.214. The maximum absolute atomic E-state index is 11.9. The molecule has 0 amide bonds. The van der Waals surface area contributed by atoms with Crippen molar-refractivity contribution in [3.05, 3.63) is 42.0 Å². The first-order chi connectivity index (χ1) is 8.27. The van der Waals surface area contributed by atoms with Gasteiger partial charge in [-0.15, -0.1) is 11.6 Å². The molecule has 0 atom stereocenters. The minimum atomic E-state index is -0.105. The van der Waals surface area contributed by atoms with Gasteiger partial charge in [-0.1, -0.05) is 30.3 Å². The van der Waals surface area contributed by atoms with Crippen molar-refractivity contribution in [2.75, 3.05) is 12.5 Å². The van der Waals surface area contributed by atoms with Gasteiger partial charge in [-0.25, -0.2) is 0 Å². The van der Waals surface area contributed by atoms with Gasteiger partial charge in [0.15, 0.2) is 5.78 Å². The second-order valence-corrected chi connectivity index (χ2v) is 3.92. The highest BCUT2D eigenvalue weighted by atomic mass is 35.5. The number of rotatable bonds is 4. The molecule has 0 aliphatic heterocycles. The third kappa shape index (κ3) is 2.27. The Labute approximate surface area is 105 Å². The maximum atomic E-state index is 11.9. The Kier molecular flexibility index (Phi) is 3.64. The molecule has 2 aromatic carbocycles. The number of fused-ring (bicyclic) bond motifs is 1. The van der Waals surface area contributed by atoms with E-state index in [4.69, 9.17) is 16.3 Å². The molecule has 0 aliphatic carbocycles. The summed E-state index contributed by atoms with van der Waals surface area (Å²) in [5.41, 5.74) is 0.583. The van der Waals surface area contributed by atoms with E-state index >= 15 is 0 Å². The summed E-state index contributed by atoms with van der Waals surface area (Å²) in [5.74, 6) is 0.470. The van der Waals surface area contributed by atoms with Crippen LogP contribution in [-0.4, -0.2) is 18.3 Å². The highest BCUT2D eigenvalue weighted by Gasteiger charge is 2.15. The third-order valence-corrected chi connectivity index (χ3v) is 2.83. The topological polar surface area (TPSA) is 26.3 Å². The molecule has 3 heteroatoms. The van der Waals surface area contributed by atoms with Crippen molar-refractivity contribution < 1.29 is 9.53 Å². The van der Waals surface area contributed by atoms with Crippen molar-refractivity contribution in [1.29, 1.82) is 0 Å². The number of alkyl halides is 1. The number of carbonyl (C=O) groups excluding carboxylic acids is 1. The molecule has 0 bridgehead atoms. The van der Waals surface area contributed by atoms with Crippen LogP contribution in [0.5, 0.6) is 5.75 Å². The first kappa shape index (κ1) is 11.9. The first-order valence-corrected chi connectivity index (χ1v) is 6.05. The van der Waals surface area contributed by atoms with Crippen molar-refractivity contribution in [3.63, 3.8) is 0 Å². The van der Waals surface area contributed by atoms with Gasteiger partial charge in [-0.05, 0) is 23.8 Å². The van der Waals surface area contributed by atoms with Crippen molar-refractivity contribution in [3.8, 4) is 5.75 Å². The summed E-state index contributed by atoms with van der Waals surface area (Å²) in [5, 5.41) is 1.91. The van der Waals surface area contributed by atoms with Gasteiger partial charge in [0.25, 0.3) is 0 Å². The van der Waals surface area contributed by atoms with Gasteiger partial charge in [0.2, 0.25) is 0 Å². The van der Waals surface area contributed by atoms with Gasteiger partial charge in [0.1, 0.15) is 5.75 Å². The molecule has 0 aromatic heterocycles. The second kappa shape index (κ2) is 5.19. The molecule has 17 heavy (non-hydrogen) atoms. The van der Waals surface area contributed by atoms with E-state index in [1.54, 1.807) is 0 Å². The number of carbonyl (C=O) groups is 1. The Hall–Kier alpha value is -1.54. The maximum Gasteiger partial charge on any atom is 0.181 e. The molecule has 0 spiro atoms. The van der Waals surface area contributed by atoms with Crippen LogP contribution < -0.4 is 4.74 Å². The highest BCUT2D eigenvalue weighted by Crippen LogP contribution is 2.28. The molecule has 0 saturated carbocycles. The van der Waals surface area contributed by atoms with Crippen LogP contribution in [0.2, 0.25) is 0 Å². The van der Waals surface area contributed by atoms with E-state index in [1.807, 2.05) is 43.3 Å². The normalized spacial score (nSPS) is 10.5. The predicted molar refractivity (Wildman–Crippen MR) is 70.2 cm³/mol. The van der Waals surface area contributed by atoms with Crippen molar-refractivity contribution in [2.45, 2.75) is 6.92 Å². The van der Waals surface area contributed by atoms with E-state index in [-0.39, 0.29) is 11.7 Å². The quantitative estimate of drug-likeness (QED) is 0.610. The van der Waals surface area contributed by atoms with Crippen LogP contribution in [0.1, 0.15) is 17.3 Å². The highest BCUT2D eigenvalue weighted by molar-refractivity contribution is 6.32. The molecular weight excluding hydrogens is 236 g/mol. The van der Waals surface area contributed by atoms with Gasteiger partial charge >= 0.3 is 0 Å². The number of benzene rings is 2. The molecule has 2 nitrogen and oxygen atoms in total. The van der Waals surface area contributed by atoms with Crippen molar-refractivity contribution in [2.24, 2.45) is 0 Å². The molecule has 0 aliphatic rings. The number of hydrogen-bond acceptors (Lipinski definition) is 2. The Morgan fingerprint density at radius 3 is 2.71 bits per heavy atom. The molecule has 0 radical (unpaired) electrons. The molecular formula is C14H13ClO2. The lowest BCUT2D eigenvalue weighted by Crippen LogP contribution is -2.06. The number of Topliss-reactive ketones (excluding diaryl/α,β-unsaturated/α-hetero) is 1. The molecule has 0 N–H and O–H groups in total. The molecule has 0 unspecified atom stereocenters. The van der Waals surface area contributed by atoms with E-state index in [2.05, 4.69) is 0 Å². The van der Waals surface area contributed by atoms with Gasteiger partial charge in [0.05, 0.1) is 18.1 Å². The Balaban J connectivity index is 2.70. The van der Waals surface area contributed by atoms with Crippen LogP contribution in [0.15, 0.2) is 36.4 Å². The predicted octanol–water partition coefficient (Wildman–Crippen LogP) is 3.66. The van der Waals surface area contributed by atoms with E-state index in [9.17, 15) is 4.79 Å². The van der Waals surface area contributed by atoms with Crippen LogP contribution in [0.4, 0.5) is 0 Å². The van der Waals surface area contributed by atoms with Crippen LogP contribution in [0, 0.1) is 0 Å². The standard InChI is InChI=1S/C14H13ClO2/c1-2-17-13-8-7-10-5-3-4-6-11(10)14(13)12(16)9-15/h3-8H,2,9H2,1H3. The second-order valence-electron chi connectivity index (χ2n) is 3.65. The average molecular weight is 249 g/mol. The van der Waals surface area contributed by atoms with Crippen LogP contribution in [0.25, 0.3) is 10.8 Å². The lowest BCUT2D eigenvalue weighted by molar-refractivity contribution is 0.101. The molecule has 0 heterocycles. The zero-order chi connectivity index (χ0) is 12.3. The Bertz CT molecular complexity index is 549. The van der Waals surface area contributed by atoms with Gasteiger partial charge < -0.3 is 4.74 Å². The summed E-state index contributed by atoms with van der Waals surface area (Å²) in [4.78, 5) is 11.9. The molecule has 2 aromatic rings. The number of halogens is 1. The lowest BCUT2D eigenvalue weighted by atomic mass is 10.0. The van der Waals surface area contributed by atoms with Gasteiger partial charge in [-0.3, -0.25) is 4.79 Å². The van der Waals surface area contributed by atoms with E-state index in [1.165, 1.54) is 0 Å². The zero-order valence-corrected chi connectivity index (χ0v) is 10.3. The van der Waals surface area contributed by atoms with E-state index in [0.717, 1.165) is 10.8 Å². The molecule has 88 valence electrons. The molecule has 2 rings (SSSR count). The van der Waals surface area contributed by atoms with Crippen molar-refractivity contribution in [1.82, 2.24) is 0 Å². The molecule has 0 saturated heterocycles. The minimum Gasteiger partial charge on any atom is -0.493 e. The Morgan fingerprint density at radius 2 is 2.00 bits per heavy atom. The smallest absolute Gasteiger partial charge is 0.181 e. The largest absolute Gasteiger partial charge is 0.493 e. The zero-order valence-electron chi connectivity index (χ0n) is 9.57. The fourth-order valence-corrected chi connectivity index (χ4v) is 2.02. The van der Waals surface area contributed by atoms with Crippen LogP contribution in [-0.2, 0) is 0 Å². The summed E-state index contributed by atoms with van der Waals surface area (Å²) >= 11 is 5.65. The third-order valence-electron chi connectivity index (χ3n) is 2.59. The summed E-state index contributed by atoms with van der Waals surface area (Å²) in [6.07, 6.45) is 0. The van der Waals surface area contributed by atoms with Crippen molar-refractivity contribution >= 4 is 28.2 Å². The summed E-state index contributed by atoms with van der Waals surface area (Å²) in [7, 11) is 0. The summed E-state index contributed by atoms with van der Waals surface area (Å²) < 4.78 is 5.49. The SMILES string of the molecule is CCOc1ccc2ccccc2c1C(=O)CCl. The summed E-state index contributed by atoms with van der Waals surface area (Å²) in [6.45, 7) is 2.42. The van der Waals surface area contributed by atoms with E-state index in [0.29, 0.717) is 17.9 Å². The molecule has 0 fully saturated rings. The first-order valence-electron chi connectivity index (χ1n) is 5.51. The lowest BCUT2D eigenvalue weighted by Gasteiger charge is -2.11. The fourth-order valence-electron chi connectivity index (χ4n) is 1.88. The Morgan fingerprint density at radius 1 is 1.24 bits per heavy atom. The minimum absolute atomic E-state index is 0.0336. The van der Waals surface area contributed by atoms with Gasteiger partial charge in [0, 0.05) is 0 Å². The number of ketones is 1.